The van der Waals surface area contributed by atoms with E-state index in [1.165, 1.54) is 11.3 Å². The van der Waals surface area contributed by atoms with Crippen molar-refractivity contribution in [2.75, 3.05) is 36.4 Å². The molecule has 0 saturated carbocycles. The van der Waals surface area contributed by atoms with E-state index in [0.29, 0.717) is 0 Å². The Morgan fingerprint density at radius 2 is 1.88 bits per heavy atom. The van der Waals surface area contributed by atoms with Crippen LogP contribution in [0.1, 0.15) is 12.0 Å². The predicted octanol–water partition coefficient (Wildman–Crippen LogP) is 2.86. The van der Waals surface area contributed by atoms with Gasteiger partial charge in [0, 0.05) is 44.8 Å². The maximum atomic E-state index is 4.38. The third-order valence-corrected chi connectivity index (χ3v) is 4.50. The van der Waals surface area contributed by atoms with Gasteiger partial charge in [-0.3, -0.25) is 15.0 Å². The predicted molar refractivity (Wildman–Crippen MR) is 108 cm³/mol. The quantitative estimate of drug-likeness (QED) is 0.736. The van der Waals surface area contributed by atoms with Crippen LogP contribution in [-0.4, -0.2) is 41.1 Å². The third kappa shape index (κ3) is 4.20. The van der Waals surface area contributed by atoms with Crippen molar-refractivity contribution in [2.45, 2.75) is 13.0 Å². The average Bonchev–Trinajstić information content (AvgIpc) is 2.96. The van der Waals surface area contributed by atoms with Gasteiger partial charge in [0.25, 0.3) is 0 Å². The molecule has 26 heavy (non-hydrogen) atoms. The number of hydrogen-bond acceptors (Lipinski definition) is 6. The van der Waals surface area contributed by atoms with Gasteiger partial charge in [0.05, 0.1) is 28.6 Å². The van der Waals surface area contributed by atoms with Crippen molar-refractivity contribution in [3.63, 3.8) is 0 Å². The van der Waals surface area contributed by atoms with E-state index in [-0.39, 0.29) is 12.4 Å². The smallest absolute Gasteiger partial charge is 0.0890 e. The number of halogens is 1. The summed E-state index contributed by atoms with van der Waals surface area (Å²) in [5.41, 5.74) is 5.32. The van der Waals surface area contributed by atoms with Gasteiger partial charge in [0.2, 0.25) is 0 Å². The standard InChI is InChI=1S/C19H22N6.ClH/c1-5-20-9-11-25(10-1)19-4-6-21-14-18(19)24-13-15-2-3-16-17(12-15)23-8-7-22-16;/h2-4,6-8,12,14,20,24H,1,5,9-11,13H2;1H. The SMILES string of the molecule is Cl.c1cc(N2CCCNCC2)c(NCc2ccc3nccnc3c2)cn1. The minimum Gasteiger partial charge on any atom is -0.378 e. The van der Waals surface area contributed by atoms with Crippen molar-refractivity contribution in [1.29, 1.82) is 0 Å². The molecule has 1 aliphatic heterocycles. The Hall–Kier alpha value is -2.44. The van der Waals surface area contributed by atoms with Gasteiger partial charge >= 0.3 is 0 Å². The van der Waals surface area contributed by atoms with Crippen LogP contribution in [0.25, 0.3) is 11.0 Å². The lowest BCUT2D eigenvalue weighted by Gasteiger charge is -2.25. The molecule has 1 aliphatic rings. The number of pyridine rings is 1. The molecule has 4 rings (SSSR count). The van der Waals surface area contributed by atoms with Crippen LogP contribution in [0.5, 0.6) is 0 Å². The molecule has 1 saturated heterocycles. The second-order valence-corrected chi connectivity index (χ2v) is 6.22. The van der Waals surface area contributed by atoms with Gasteiger partial charge in [-0.05, 0) is 36.7 Å². The summed E-state index contributed by atoms with van der Waals surface area (Å²) in [6.07, 6.45) is 8.38. The number of aromatic nitrogens is 3. The largest absolute Gasteiger partial charge is 0.378 e. The summed E-state index contributed by atoms with van der Waals surface area (Å²) in [5.74, 6) is 0. The van der Waals surface area contributed by atoms with Crippen molar-refractivity contribution in [3.8, 4) is 0 Å². The van der Waals surface area contributed by atoms with E-state index in [1.807, 2.05) is 18.5 Å². The van der Waals surface area contributed by atoms with E-state index >= 15 is 0 Å². The molecule has 3 aromatic rings. The number of nitrogens with one attached hydrogen (secondary N) is 2. The fourth-order valence-electron chi connectivity index (χ4n) is 3.20. The summed E-state index contributed by atoms with van der Waals surface area (Å²) in [6.45, 7) is 4.92. The Labute approximate surface area is 159 Å². The first-order chi connectivity index (χ1) is 12.4. The van der Waals surface area contributed by atoms with Crippen LogP contribution in [0.3, 0.4) is 0 Å². The highest BCUT2D eigenvalue weighted by Gasteiger charge is 2.13. The minimum absolute atomic E-state index is 0. The molecule has 0 unspecified atom stereocenters. The first-order valence-corrected chi connectivity index (χ1v) is 8.73. The van der Waals surface area contributed by atoms with Crippen LogP contribution in [0.4, 0.5) is 11.4 Å². The van der Waals surface area contributed by atoms with E-state index in [9.17, 15) is 0 Å². The summed E-state index contributed by atoms with van der Waals surface area (Å²) in [7, 11) is 0. The fraction of sp³-hybridized carbons (Fsp3) is 0.316. The molecule has 0 bridgehead atoms. The lowest BCUT2D eigenvalue weighted by molar-refractivity contribution is 0.724. The number of benzene rings is 1. The van der Waals surface area contributed by atoms with Crippen molar-refractivity contribution in [2.24, 2.45) is 0 Å². The van der Waals surface area contributed by atoms with E-state index in [1.54, 1.807) is 12.4 Å². The van der Waals surface area contributed by atoms with Gasteiger partial charge in [0.15, 0.2) is 0 Å². The highest BCUT2D eigenvalue weighted by molar-refractivity contribution is 5.85. The molecular formula is C19H23ClN6. The van der Waals surface area contributed by atoms with Crippen LogP contribution >= 0.6 is 12.4 Å². The van der Waals surface area contributed by atoms with Gasteiger partial charge in [-0.1, -0.05) is 6.07 Å². The highest BCUT2D eigenvalue weighted by Crippen LogP contribution is 2.25. The van der Waals surface area contributed by atoms with Gasteiger partial charge in [-0.25, -0.2) is 0 Å². The second kappa shape index (κ2) is 8.78. The molecule has 0 aliphatic carbocycles. The Morgan fingerprint density at radius 1 is 1.00 bits per heavy atom. The molecule has 7 heteroatoms. The van der Waals surface area contributed by atoms with Gasteiger partial charge in [-0.2, -0.15) is 0 Å². The van der Waals surface area contributed by atoms with E-state index in [0.717, 1.165) is 55.9 Å². The number of nitrogens with zero attached hydrogens (tertiary/aromatic N) is 4. The highest BCUT2D eigenvalue weighted by atomic mass is 35.5. The monoisotopic (exact) mass is 370 g/mol. The average molecular weight is 371 g/mol. The zero-order chi connectivity index (χ0) is 16.9. The molecular weight excluding hydrogens is 348 g/mol. The number of rotatable bonds is 4. The molecule has 0 atom stereocenters. The molecule has 0 amide bonds. The fourth-order valence-corrected chi connectivity index (χ4v) is 3.20. The summed E-state index contributed by atoms with van der Waals surface area (Å²) in [5, 5.41) is 6.99. The van der Waals surface area contributed by atoms with E-state index < -0.39 is 0 Å². The number of anilines is 2. The maximum absolute atomic E-state index is 4.38. The van der Waals surface area contributed by atoms with Gasteiger partial charge < -0.3 is 15.5 Å². The Kier molecular flexibility index (Phi) is 6.20. The lowest BCUT2D eigenvalue weighted by Crippen LogP contribution is -2.28. The summed E-state index contributed by atoms with van der Waals surface area (Å²) < 4.78 is 0. The lowest BCUT2D eigenvalue weighted by atomic mass is 10.2. The molecule has 2 N–H and O–H groups in total. The van der Waals surface area contributed by atoms with Crippen LogP contribution in [0.15, 0.2) is 49.1 Å². The van der Waals surface area contributed by atoms with Crippen LogP contribution < -0.4 is 15.5 Å². The molecule has 0 spiro atoms. The first kappa shape index (κ1) is 18.4. The van der Waals surface area contributed by atoms with Crippen molar-refractivity contribution in [3.05, 3.63) is 54.6 Å². The normalized spacial score (nSPS) is 14.5. The second-order valence-electron chi connectivity index (χ2n) is 6.22. The molecule has 2 aromatic heterocycles. The van der Waals surface area contributed by atoms with Crippen molar-refractivity contribution in [1.82, 2.24) is 20.3 Å². The van der Waals surface area contributed by atoms with Crippen LogP contribution in [0, 0.1) is 0 Å². The minimum atomic E-state index is 0. The third-order valence-electron chi connectivity index (χ3n) is 4.50. The van der Waals surface area contributed by atoms with Crippen LogP contribution in [-0.2, 0) is 6.54 Å². The Bertz CT molecular complexity index is 848. The zero-order valence-corrected chi connectivity index (χ0v) is 15.4. The molecule has 6 nitrogen and oxygen atoms in total. The molecule has 136 valence electrons. The van der Waals surface area contributed by atoms with E-state index in [2.05, 4.69) is 48.7 Å². The molecule has 0 radical (unpaired) electrons. The zero-order valence-electron chi connectivity index (χ0n) is 14.6. The summed E-state index contributed by atoms with van der Waals surface area (Å²) in [4.78, 5) is 15.4. The summed E-state index contributed by atoms with van der Waals surface area (Å²) in [6, 6.07) is 8.29. The van der Waals surface area contributed by atoms with Crippen LogP contribution in [0.2, 0.25) is 0 Å². The molecule has 1 fully saturated rings. The van der Waals surface area contributed by atoms with Crippen molar-refractivity contribution < 1.29 is 0 Å². The van der Waals surface area contributed by atoms with Crippen molar-refractivity contribution >= 4 is 34.8 Å². The number of hydrogen-bond donors (Lipinski definition) is 2. The van der Waals surface area contributed by atoms with E-state index in [4.69, 9.17) is 0 Å². The molecule has 3 heterocycles. The molecule has 1 aromatic carbocycles. The Balaban J connectivity index is 0.00000196. The summed E-state index contributed by atoms with van der Waals surface area (Å²) >= 11 is 0. The number of fused-ring (bicyclic) bond motifs is 1. The maximum Gasteiger partial charge on any atom is 0.0890 e. The first-order valence-electron chi connectivity index (χ1n) is 8.73. The topological polar surface area (TPSA) is 66.0 Å². The Morgan fingerprint density at radius 3 is 2.81 bits per heavy atom. The van der Waals surface area contributed by atoms with Gasteiger partial charge in [-0.15, -0.1) is 12.4 Å². The van der Waals surface area contributed by atoms with Gasteiger partial charge in [0.1, 0.15) is 0 Å².